The largest absolute Gasteiger partial charge is 0.410 e. The van der Waals surface area contributed by atoms with Crippen molar-refractivity contribution < 1.29 is 22.8 Å². The van der Waals surface area contributed by atoms with Crippen LogP contribution in [-0.2, 0) is 14.6 Å². The number of anilines is 1. The Morgan fingerprint density at radius 3 is 2.50 bits per heavy atom. The molecule has 2 aromatic rings. The van der Waals surface area contributed by atoms with E-state index in [-0.39, 0.29) is 26.6 Å². The second-order valence-electron chi connectivity index (χ2n) is 5.14. The maximum atomic E-state index is 12.9. The number of amides is 1. The highest BCUT2D eigenvalue weighted by atomic mass is 32.2. The third-order valence-electron chi connectivity index (χ3n) is 3.43. The lowest BCUT2D eigenvalue weighted by Crippen LogP contribution is -2.24. The summed E-state index contributed by atoms with van der Waals surface area (Å²) in [5.41, 5.74) is -0.109. The Morgan fingerprint density at radius 1 is 1.33 bits per heavy atom. The molecular formula is C14H12FN3O4S2. The van der Waals surface area contributed by atoms with Gasteiger partial charge in [-0.3, -0.25) is 10.1 Å². The fourth-order valence-corrected chi connectivity index (χ4v) is 4.27. The average Bonchev–Trinajstić information content (AvgIpc) is 3.33. The molecule has 24 heavy (non-hydrogen) atoms. The third kappa shape index (κ3) is 3.29. The number of nitrogens with one attached hydrogen (secondary N) is 1. The average molecular weight is 369 g/mol. The Labute approximate surface area is 140 Å². The zero-order valence-electron chi connectivity index (χ0n) is 12.1. The van der Waals surface area contributed by atoms with Crippen LogP contribution >= 0.6 is 11.3 Å². The first-order chi connectivity index (χ1) is 11.4. The molecule has 10 heteroatoms. The molecule has 0 aliphatic heterocycles. The molecule has 1 heterocycles. The van der Waals surface area contributed by atoms with Gasteiger partial charge in [-0.1, -0.05) is 28.6 Å². The highest BCUT2D eigenvalue weighted by molar-refractivity contribution is 7.92. The SMILES string of the molecule is O=C(Nc1ncc(F)s1)/C(=N/O)c1ccc(S(=O)(=O)C2CC2)cc1. The summed E-state index contributed by atoms with van der Waals surface area (Å²) >= 11 is 0.629. The van der Waals surface area contributed by atoms with Gasteiger partial charge in [0.15, 0.2) is 25.8 Å². The maximum absolute atomic E-state index is 12.9. The Kier molecular flexibility index (Phi) is 4.33. The third-order valence-corrected chi connectivity index (χ3v) is 6.41. The minimum atomic E-state index is -3.33. The van der Waals surface area contributed by atoms with E-state index in [2.05, 4.69) is 15.5 Å². The number of halogens is 1. The van der Waals surface area contributed by atoms with Crippen LogP contribution in [0, 0.1) is 5.13 Å². The summed E-state index contributed by atoms with van der Waals surface area (Å²) in [6, 6.07) is 5.49. The van der Waals surface area contributed by atoms with E-state index in [4.69, 9.17) is 5.21 Å². The highest BCUT2D eigenvalue weighted by Gasteiger charge is 2.36. The van der Waals surface area contributed by atoms with Gasteiger partial charge < -0.3 is 5.21 Å². The van der Waals surface area contributed by atoms with Crippen molar-refractivity contribution in [1.82, 2.24) is 4.98 Å². The lowest BCUT2D eigenvalue weighted by molar-refractivity contribution is -0.110. The molecule has 0 radical (unpaired) electrons. The summed E-state index contributed by atoms with van der Waals surface area (Å²) in [7, 11) is -3.33. The predicted octanol–water partition coefficient (Wildman–Crippen LogP) is 2.04. The predicted molar refractivity (Wildman–Crippen MR) is 85.7 cm³/mol. The number of carbonyl (C=O) groups is 1. The number of hydrogen-bond donors (Lipinski definition) is 2. The maximum Gasteiger partial charge on any atom is 0.280 e. The van der Waals surface area contributed by atoms with Gasteiger partial charge in [-0.15, -0.1) is 0 Å². The van der Waals surface area contributed by atoms with Gasteiger partial charge in [-0.25, -0.2) is 13.4 Å². The van der Waals surface area contributed by atoms with Crippen molar-refractivity contribution in [2.24, 2.45) is 5.16 Å². The van der Waals surface area contributed by atoms with Crippen LogP contribution in [0.15, 0.2) is 40.5 Å². The van der Waals surface area contributed by atoms with Crippen molar-refractivity contribution >= 4 is 37.9 Å². The molecule has 1 saturated carbocycles. The fourth-order valence-electron chi connectivity index (χ4n) is 2.08. The van der Waals surface area contributed by atoms with Crippen molar-refractivity contribution in [3.05, 3.63) is 41.2 Å². The molecule has 0 bridgehead atoms. The van der Waals surface area contributed by atoms with Crippen molar-refractivity contribution in [3.63, 3.8) is 0 Å². The number of sulfone groups is 1. The van der Waals surface area contributed by atoms with Gasteiger partial charge in [0.1, 0.15) is 0 Å². The second kappa shape index (κ2) is 6.29. The van der Waals surface area contributed by atoms with E-state index in [9.17, 15) is 17.6 Å². The molecule has 1 aromatic carbocycles. The summed E-state index contributed by atoms with van der Waals surface area (Å²) in [5.74, 6) is -0.787. The summed E-state index contributed by atoms with van der Waals surface area (Å²) in [6.45, 7) is 0. The molecule has 0 unspecified atom stereocenters. The van der Waals surface area contributed by atoms with E-state index in [1.165, 1.54) is 24.3 Å². The van der Waals surface area contributed by atoms with Crippen molar-refractivity contribution in [1.29, 1.82) is 0 Å². The lowest BCUT2D eigenvalue weighted by atomic mass is 10.1. The minimum absolute atomic E-state index is 0.0200. The van der Waals surface area contributed by atoms with Crippen LogP contribution in [0.25, 0.3) is 0 Å². The van der Waals surface area contributed by atoms with Crippen LogP contribution in [0.3, 0.4) is 0 Å². The van der Waals surface area contributed by atoms with Gasteiger partial charge in [0.25, 0.3) is 5.91 Å². The summed E-state index contributed by atoms with van der Waals surface area (Å²) < 4.78 is 37.1. The van der Waals surface area contributed by atoms with E-state index >= 15 is 0 Å². The van der Waals surface area contributed by atoms with E-state index in [1.54, 1.807) is 0 Å². The van der Waals surface area contributed by atoms with E-state index in [0.717, 1.165) is 6.20 Å². The second-order valence-corrected chi connectivity index (χ2v) is 8.35. The normalized spacial score (nSPS) is 15.3. The van der Waals surface area contributed by atoms with Gasteiger partial charge in [0.2, 0.25) is 0 Å². The van der Waals surface area contributed by atoms with Gasteiger partial charge in [-0.05, 0) is 25.0 Å². The highest BCUT2D eigenvalue weighted by Crippen LogP contribution is 2.33. The number of aromatic nitrogens is 1. The van der Waals surface area contributed by atoms with Crippen molar-refractivity contribution in [2.45, 2.75) is 23.0 Å². The zero-order valence-corrected chi connectivity index (χ0v) is 13.8. The summed E-state index contributed by atoms with van der Waals surface area (Å²) in [5, 5.41) is 13.4. The van der Waals surface area contributed by atoms with Gasteiger partial charge in [-0.2, -0.15) is 4.39 Å². The molecule has 7 nitrogen and oxygen atoms in total. The van der Waals surface area contributed by atoms with E-state index in [0.29, 0.717) is 24.2 Å². The number of carbonyl (C=O) groups excluding carboxylic acids is 1. The Hall–Kier alpha value is -2.33. The molecule has 1 fully saturated rings. The first-order valence-electron chi connectivity index (χ1n) is 6.91. The van der Waals surface area contributed by atoms with Crippen molar-refractivity contribution in [2.75, 3.05) is 5.32 Å². The summed E-state index contributed by atoms with van der Waals surface area (Å²) in [4.78, 5) is 15.9. The van der Waals surface area contributed by atoms with Gasteiger partial charge in [0, 0.05) is 5.56 Å². The van der Waals surface area contributed by atoms with Crippen LogP contribution in [0.4, 0.5) is 9.52 Å². The Balaban J connectivity index is 1.79. The smallest absolute Gasteiger partial charge is 0.280 e. The minimum Gasteiger partial charge on any atom is -0.410 e. The Morgan fingerprint density at radius 2 is 2.00 bits per heavy atom. The molecule has 0 saturated heterocycles. The van der Waals surface area contributed by atoms with Crippen LogP contribution in [0.1, 0.15) is 18.4 Å². The summed E-state index contributed by atoms with van der Waals surface area (Å²) in [6.07, 6.45) is 2.26. The van der Waals surface area contributed by atoms with Crippen LogP contribution < -0.4 is 5.32 Å². The van der Waals surface area contributed by atoms with E-state index < -0.39 is 20.9 Å². The van der Waals surface area contributed by atoms with Gasteiger partial charge >= 0.3 is 0 Å². The number of benzene rings is 1. The molecule has 1 aromatic heterocycles. The molecule has 3 rings (SSSR count). The molecule has 0 atom stereocenters. The molecule has 1 aliphatic carbocycles. The first kappa shape index (κ1) is 16.5. The fraction of sp³-hybridized carbons (Fsp3) is 0.214. The molecular weight excluding hydrogens is 357 g/mol. The van der Waals surface area contributed by atoms with Gasteiger partial charge in [0.05, 0.1) is 16.3 Å². The zero-order chi connectivity index (χ0) is 17.3. The number of thiazole rings is 1. The number of nitrogens with zero attached hydrogens (tertiary/aromatic N) is 2. The molecule has 1 aliphatic rings. The first-order valence-corrected chi connectivity index (χ1v) is 9.27. The molecule has 1 amide bonds. The number of hydrogen-bond acceptors (Lipinski definition) is 7. The molecule has 2 N–H and O–H groups in total. The Bertz CT molecular complexity index is 902. The number of rotatable bonds is 5. The van der Waals surface area contributed by atoms with Crippen molar-refractivity contribution in [3.8, 4) is 0 Å². The number of oxime groups is 1. The van der Waals surface area contributed by atoms with Crippen LogP contribution in [0.2, 0.25) is 0 Å². The molecule has 126 valence electrons. The quantitative estimate of drug-likeness (QED) is 0.476. The van der Waals surface area contributed by atoms with Crippen LogP contribution in [-0.4, -0.2) is 35.5 Å². The van der Waals surface area contributed by atoms with E-state index in [1.807, 2.05) is 0 Å². The molecule has 0 spiro atoms. The lowest BCUT2D eigenvalue weighted by Gasteiger charge is -2.06. The standard InChI is InChI=1S/C14H12FN3O4S2/c15-11-7-16-14(23-11)17-13(19)12(18-20)8-1-3-9(4-2-8)24(21,22)10-5-6-10/h1-4,7,10,20H,5-6H2,(H,16,17,19)/b18-12+. The van der Waals surface area contributed by atoms with Crippen LogP contribution in [0.5, 0.6) is 0 Å². The monoisotopic (exact) mass is 369 g/mol. The topological polar surface area (TPSA) is 109 Å².